The first-order valence-electron chi connectivity index (χ1n) is 13.6. The Morgan fingerprint density at radius 1 is 0.703 bits per heavy atom. The summed E-state index contributed by atoms with van der Waals surface area (Å²) in [5.74, 6) is 1.43. The van der Waals surface area contributed by atoms with Gasteiger partial charge in [-0.15, -0.1) is 0 Å². The van der Waals surface area contributed by atoms with E-state index in [4.69, 9.17) is 4.74 Å². The highest BCUT2D eigenvalue weighted by Gasteiger charge is 2.12. The first-order chi connectivity index (χ1) is 18.1. The van der Waals surface area contributed by atoms with Crippen LogP contribution in [0.2, 0.25) is 0 Å². The van der Waals surface area contributed by atoms with Crippen molar-refractivity contribution in [2.24, 2.45) is 0 Å². The van der Waals surface area contributed by atoms with Crippen LogP contribution in [-0.2, 0) is 6.42 Å². The van der Waals surface area contributed by atoms with Crippen LogP contribution in [0.4, 0.5) is 0 Å². The zero-order valence-corrected chi connectivity index (χ0v) is 21.9. The predicted molar refractivity (Wildman–Crippen MR) is 154 cm³/mol. The minimum atomic E-state index is 0.256. The maximum absolute atomic E-state index is 9.98. The molecule has 4 nitrogen and oxygen atoms in total. The molecule has 4 heteroatoms. The lowest BCUT2D eigenvalue weighted by Crippen LogP contribution is -2.16. The van der Waals surface area contributed by atoms with Crippen molar-refractivity contribution in [3.63, 3.8) is 0 Å². The molecule has 0 bridgehead atoms. The maximum Gasteiger partial charge on any atom is 0.119 e. The molecule has 0 atom stereocenters. The second-order valence-corrected chi connectivity index (χ2v) is 9.73. The minimum Gasteiger partial charge on any atom is -0.508 e. The Morgan fingerprint density at radius 2 is 1.43 bits per heavy atom. The normalized spacial score (nSPS) is 11.2. The van der Waals surface area contributed by atoms with Gasteiger partial charge in [0, 0.05) is 0 Å². The van der Waals surface area contributed by atoms with Crippen molar-refractivity contribution >= 4 is 10.8 Å². The third kappa shape index (κ3) is 7.74. The van der Waals surface area contributed by atoms with Crippen molar-refractivity contribution in [1.29, 1.82) is 0 Å². The number of nitrogens with one attached hydrogen (secondary N) is 1. The van der Waals surface area contributed by atoms with Crippen LogP contribution in [0, 0.1) is 0 Å². The summed E-state index contributed by atoms with van der Waals surface area (Å²) in [5.41, 5.74) is 4.57. The van der Waals surface area contributed by atoms with Crippen LogP contribution in [0.1, 0.15) is 56.6 Å². The second kappa shape index (κ2) is 13.7. The SMILES string of the molecule is CCCCNCCCCCCOc1ccc(Cc2c(-c3ccc(O)cc3)ccc3cc(O)ccc23)cc1. The van der Waals surface area contributed by atoms with Gasteiger partial charge in [0.05, 0.1) is 6.61 Å². The predicted octanol–water partition coefficient (Wildman–Crippen LogP) is 7.84. The Kier molecular flexibility index (Phi) is 9.84. The number of rotatable bonds is 14. The Bertz CT molecular complexity index is 1250. The zero-order valence-electron chi connectivity index (χ0n) is 21.9. The molecule has 0 heterocycles. The van der Waals surface area contributed by atoms with E-state index in [-0.39, 0.29) is 11.5 Å². The molecule has 194 valence electrons. The molecular formula is C33H39NO3. The average molecular weight is 498 g/mol. The molecule has 4 aromatic rings. The summed E-state index contributed by atoms with van der Waals surface area (Å²) in [6.45, 7) is 5.23. The topological polar surface area (TPSA) is 61.7 Å². The summed E-state index contributed by atoms with van der Waals surface area (Å²) in [7, 11) is 0. The third-order valence-electron chi connectivity index (χ3n) is 6.82. The van der Waals surface area contributed by atoms with Crippen LogP contribution in [0.15, 0.2) is 78.9 Å². The number of unbranched alkanes of at least 4 members (excludes halogenated alkanes) is 4. The van der Waals surface area contributed by atoms with Crippen LogP contribution in [0.3, 0.4) is 0 Å². The highest BCUT2D eigenvalue weighted by molar-refractivity contribution is 5.93. The van der Waals surface area contributed by atoms with E-state index < -0.39 is 0 Å². The quantitative estimate of drug-likeness (QED) is 0.155. The molecule has 0 amide bonds. The number of benzene rings is 4. The van der Waals surface area contributed by atoms with Gasteiger partial charge in [0.2, 0.25) is 0 Å². The first kappa shape index (κ1) is 26.6. The van der Waals surface area contributed by atoms with Gasteiger partial charge in [0.1, 0.15) is 17.2 Å². The molecule has 0 aliphatic carbocycles. The van der Waals surface area contributed by atoms with E-state index in [1.807, 2.05) is 24.3 Å². The van der Waals surface area contributed by atoms with Gasteiger partial charge in [-0.05, 0) is 108 Å². The molecular weight excluding hydrogens is 458 g/mol. The summed E-state index contributed by atoms with van der Waals surface area (Å²) in [6, 6.07) is 25.4. The van der Waals surface area contributed by atoms with E-state index >= 15 is 0 Å². The molecule has 0 aliphatic rings. The molecule has 0 unspecified atom stereocenters. The number of ether oxygens (including phenoxy) is 1. The van der Waals surface area contributed by atoms with Crippen molar-refractivity contribution in [1.82, 2.24) is 5.32 Å². The molecule has 3 N–H and O–H groups in total. The standard InChI is InChI=1S/C33H39NO3/c1-2-3-20-34-21-6-4-5-7-22-37-30-16-8-25(9-17-30)23-33-31(26-10-13-28(35)14-11-26)18-12-27-24-29(36)15-19-32(27)33/h8-19,24,34-36H,2-7,20-23H2,1H3. The summed E-state index contributed by atoms with van der Waals surface area (Å²) < 4.78 is 5.99. The average Bonchev–Trinajstić information content (AvgIpc) is 2.91. The minimum absolute atomic E-state index is 0.256. The summed E-state index contributed by atoms with van der Waals surface area (Å²) >= 11 is 0. The Balaban J connectivity index is 1.37. The Labute approximate surface area is 220 Å². The third-order valence-corrected chi connectivity index (χ3v) is 6.82. The fourth-order valence-corrected chi connectivity index (χ4v) is 4.71. The van der Waals surface area contributed by atoms with Gasteiger partial charge in [0.25, 0.3) is 0 Å². The van der Waals surface area contributed by atoms with Gasteiger partial charge in [-0.2, -0.15) is 0 Å². The summed E-state index contributed by atoms with van der Waals surface area (Å²) in [4.78, 5) is 0. The monoisotopic (exact) mass is 497 g/mol. The van der Waals surface area contributed by atoms with Crippen LogP contribution >= 0.6 is 0 Å². The fraction of sp³-hybridized carbons (Fsp3) is 0.333. The van der Waals surface area contributed by atoms with Gasteiger partial charge in [-0.25, -0.2) is 0 Å². The number of fused-ring (bicyclic) bond motifs is 1. The number of hydrogen-bond donors (Lipinski definition) is 3. The van der Waals surface area contributed by atoms with Crippen molar-refractivity contribution in [3.05, 3.63) is 90.0 Å². The molecule has 0 aromatic heterocycles. The molecule has 0 spiro atoms. The second-order valence-electron chi connectivity index (χ2n) is 9.73. The highest BCUT2D eigenvalue weighted by Crippen LogP contribution is 2.34. The van der Waals surface area contributed by atoms with E-state index in [1.165, 1.54) is 43.2 Å². The lowest BCUT2D eigenvalue weighted by Gasteiger charge is -2.15. The van der Waals surface area contributed by atoms with E-state index in [0.717, 1.165) is 60.2 Å². The van der Waals surface area contributed by atoms with Crippen molar-refractivity contribution in [2.75, 3.05) is 19.7 Å². The number of phenolic OH excluding ortho intramolecular Hbond substituents is 2. The fourth-order valence-electron chi connectivity index (χ4n) is 4.71. The lowest BCUT2D eigenvalue weighted by molar-refractivity contribution is 0.304. The van der Waals surface area contributed by atoms with Gasteiger partial charge in [0.15, 0.2) is 0 Å². The number of phenols is 2. The van der Waals surface area contributed by atoms with Gasteiger partial charge >= 0.3 is 0 Å². The molecule has 4 aromatic carbocycles. The van der Waals surface area contributed by atoms with E-state index in [2.05, 4.69) is 42.6 Å². The van der Waals surface area contributed by atoms with Gasteiger partial charge in [-0.3, -0.25) is 0 Å². The van der Waals surface area contributed by atoms with E-state index in [1.54, 1.807) is 24.3 Å². The zero-order chi connectivity index (χ0) is 25.9. The summed E-state index contributed by atoms with van der Waals surface area (Å²) in [5, 5.41) is 25.4. The van der Waals surface area contributed by atoms with E-state index in [0.29, 0.717) is 0 Å². The molecule has 4 rings (SSSR count). The molecule has 0 radical (unpaired) electrons. The molecule has 37 heavy (non-hydrogen) atoms. The molecule has 0 saturated carbocycles. The van der Waals surface area contributed by atoms with E-state index in [9.17, 15) is 10.2 Å². The van der Waals surface area contributed by atoms with Gasteiger partial charge < -0.3 is 20.3 Å². The van der Waals surface area contributed by atoms with Crippen molar-refractivity contribution < 1.29 is 14.9 Å². The smallest absolute Gasteiger partial charge is 0.119 e. The van der Waals surface area contributed by atoms with Crippen LogP contribution in [0.5, 0.6) is 17.2 Å². The van der Waals surface area contributed by atoms with Crippen LogP contribution in [-0.4, -0.2) is 29.9 Å². The summed E-state index contributed by atoms with van der Waals surface area (Å²) in [6.07, 6.45) is 8.02. The molecule has 0 fully saturated rings. The highest BCUT2D eigenvalue weighted by atomic mass is 16.5. The molecule has 0 saturated heterocycles. The molecule has 0 aliphatic heterocycles. The Morgan fingerprint density at radius 3 is 2.22 bits per heavy atom. The van der Waals surface area contributed by atoms with Gasteiger partial charge in [-0.1, -0.05) is 68.7 Å². The lowest BCUT2D eigenvalue weighted by atomic mass is 9.90. The largest absolute Gasteiger partial charge is 0.508 e. The first-order valence-corrected chi connectivity index (χ1v) is 13.6. The van der Waals surface area contributed by atoms with Crippen molar-refractivity contribution in [3.8, 4) is 28.4 Å². The van der Waals surface area contributed by atoms with Crippen LogP contribution in [0.25, 0.3) is 21.9 Å². The Hall–Kier alpha value is -3.50. The maximum atomic E-state index is 9.98. The number of hydrogen-bond acceptors (Lipinski definition) is 4. The number of aromatic hydroxyl groups is 2. The van der Waals surface area contributed by atoms with Crippen LogP contribution < -0.4 is 10.1 Å². The van der Waals surface area contributed by atoms with Crippen molar-refractivity contribution in [2.45, 2.75) is 51.9 Å².